The second-order valence-corrected chi connectivity index (χ2v) is 2.51. The average Bonchev–Trinajstić information content (AvgIpc) is 2.04. The van der Waals surface area contributed by atoms with Crippen LogP contribution < -0.4 is 0 Å². The van der Waals surface area contributed by atoms with E-state index in [1.165, 1.54) is 18.7 Å². The van der Waals surface area contributed by atoms with Gasteiger partial charge in [0.1, 0.15) is 6.33 Å². The fraction of sp³-hybridized carbons (Fsp3) is 0.429. The first-order chi connectivity index (χ1) is 6.00. The minimum Gasteiger partial charge on any atom is -0.383 e. The van der Waals surface area contributed by atoms with Gasteiger partial charge in [-0.25, -0.2) is 9.97 Å². The van der Waals surface area contributed by atoms with Gasteiger partial charge in [0.05, 0.1) is 0 Å². The van der Waals surface area contributed by atoms with Gasteiger partial charge in [0.2, 0.25) is 0 Å². The summed E-state index contributed by atoms with van der Waals surface area (Å²) in [7, 11) is 0. The van der Waals surface area contributed by atoms with Crippen LogP contribution in [0, 0.1) is 0 Å². The van der Waals surface area contributed by atoms with Crippen LogP contribution >= 0.6 is 0 Å². The molecule has 3 nitrogen and oxygen atoms in total. The highest BCUT2D eigenvalue weighted by molar-refractivity contribution is 5.04. The van der Waals surface area contributed by atoms with Crippen molar-refractivity contribution in [1.82, 2.24) is 9.97 Å². The summed E-state index contributed by atoms with van der Waals surface area (Å²) in [6, 6.07) is 0. The number of alkyl halides is 3. The van der Waals surface area contributed by atoms with Crippen molar-refractivity contribution < 1.29 is 18.3 Å². The van der Waals surface area contributed by atoms with Crippen LogP contribution in [0.1, 0.15) is 5.56 Å². The first-order valence-electron chi connectivity index (χ1n) is 3.49. The molecule has 0 aliphatic rings. The Morgan fingerprint density at radius 2 is 1.85 bits per heavy atom. The zero-order valence-corrected chi connectivity index (χ0v) is 6.49. The van der Waals surface area contributed by atoms with E-state index in [2.05, 4.69) is 9.97 Å². The van der Waals surface area contributed by atoms with Crippen LogP contribution in [0.3, 0.4) is 0 Å². The molecule has 0 saturated heterocycles. The molecule has 0 radical (unpaired) electrons. The summed E-state index contributed by atoms with van der Waals surface area (Å²) in [6.07, 6.45) is -3.76. The summed E-state index contributed by atoms with van der Waals surface area (Å²) in [4.78, 5) is 7.06. The normalized spacial score (nSPS) is 14.2. The second-order valence-electron chi connectivity index (χ2n) is 2.51. The molecule has 0 aromatic carbocycles. The van der Waals surface area contributed by atoms with Crippen LogP contribution in [0.2, 0.25) is 0 Å². The summed E-state index contributed by atoms with van der Waals surface area (Å²) < 4.78 is 35.5. The molecule has 1 aromatic rings. The Balaban J connectivity index is 2.61. The molecule has 0 bridgehead atoms. The Bertz CT molecular complexity index is 262. The molecule has 1 atom stereocenters. The number of rotatable bonds is 2. The van der Waals surface area contributed by atoms with Crippen LogP contribution in [0.4, 0.5) is 13.2 Å². The molecular weight excluding hydrogens is 185 g/mol. The van der Waals surface area contributed by atoms with Crippen LogP contribution in [-0.4, -0.2) is 27.4 Å². The lowest BCUT2D eigenvalue weighted by molar-refractivity contribution is -0.203. The van der Waals surface area contributed by atoms with E-state index >= 15 is 0 Å². The van der Waals surface area contributed by atoms with Crippen molar-refractivity contribution in [2.75, 3.05) is 0 Å². The van der Waals surface area contributed by atoms with Crippen LogP contribution in [0.15, 0.2) is 18.7 Å². The van der Waals surface area contributed by atoms with Crippen molar-refractivity contribution in [3.8, 4) is 0 Å². The molecule has 72 valence electrons. The third kappa shape index (κ3) is 2.98. The average molecular weight is 192 g/mol. The molecule has 0 fully saturated rings. The molecule has 6 heteroatoms. The second kappa shape index (κ2) is 3.69. The monoisotopic (exact) mass is 192 g/mol. The van der Waals surface area contributed by atoms with Crippen molar-refractivity contribution in [3.63, 3.8) is 0 Å². The molecule has 1 rings (SSSR count). The van der Waals surface area contributed by atoms with Crippen molar-refractivity contribution in [3.05, 3.63) is 24.3 Å². The predicted octanol–water partition coefficient (Wildman–Crippen LogP) is 0.942. The predicted molar refractivity (Wildman–Crippen MR) is 37.8 cm³/mol. The number of halogens is 3. The maximum absolute atomic E-state index is 11.8. The number of hydrogen-bond acceptors (Lipinski definition) is 3. The smallest absolute Gasteiger partial charge is 0.383 e. The van der Waals surface area contributed by atoms with Gasteiger partial charge in [-0.3, -0.25) is 0 Å². The quantitative estimate of drug-likeness (QED) is 0.758. The number of nitrogens with zero attached hydrogens (tertiary/aromatic N) is 2. The van der Waals surface area contributed by atoms with Gasteiger partial charge < -0.3 is 5.11 Å². The van der Waals surface area contributed by atoms with Crippen molar-refractivity contribution in [2.45, 2.75) is 18.7 Å². The molecule has 1 aromatic heterocycles. The van der Waals surface area contributed by atoms with Gasteiger partial charge in [-0.15, -0.1) is 0 Å². The third-order valence-corrected chi connectivity index (χ3v) is 1.42. The van der Waals surface area contributed by atoms with E-state index in [0.717, 1.165) is 0 Å². The number of aliphatic hydroxyl groups excluding tert-OH is 1. The van der Waals surface area contributed by atoms with Gasteiger partial charge in [0.15, 0.2) is 6.10 Å². The highest BCUT2D eigenvalue weighted by Gasteiger charge is 2.37. The minimum absolute atomic E-state index is 0.257. The molecule has 1 N–H and O–H groups in total. The fourth-order valence-corrected chi connectivity index (χ4v) is 0.774. The first-order valence-corrected chi connectivity index (χ1v) is 3.49. The Labute approximate surface area is 72.3 Å². The lowest BCUT2D eigenvalue weighted by atomic mass is 10.1. The largest absolute Gasteiger partial charge is 0.414 e. The molecule has 1 unspecified atom stereocenters. The molecule has 0 amide bonds. The van der Waals surface area contributed by atoms with E-state index < -0.39 is 18.7 Å². The van der Waals surface area contributed by atoms with Gasteiger partial charge in [-0.05, 0) is 5.56 Å². The van der Waals surface area contributed by atoms with Gasteiger partial charge in [0, 0.05) is 18.8 Å². The maximum Gasteiger partial charge on any atom is 0.414 e. The summed E-state index contributed by atoms with van der Waals surface area (Å²) >= 11 is 0. The number of aromatic nitrogens is 2. The fourth-order valence-electron chi connectivity index (χ4n) is 0.774. The minimum atomic E-state index is -4.59. The van der Waals surface area contributed by atoms with Crippen LogP contribution in [0.25, 0.3) is 0 Å². The standard InChI is InChI=1S/C7H7F3N2O/c8-7(9,10)6(13)1-5-2-11-4-12-3-5/h2-4,6,13H,1H2. The Hall–Kier alpha value is -1.17. The highest BCUT2D eigenvalue weighted by atomic mass is 19.4. The molecule has 0 spiro atoms. The van der Waals surface area contributed by atoms with E-state index in [1.54, 1.807) is 0 Å². The van der Waals surface area contributed by atoms with Crippen molar-refractivity contribution >= 4 is 0 Å². The third-order valence-electron chi connectivity index (χ3n) is 1.42. The zero-order chi connectivity index (χ0) is 9.90. The van der Waals surface area contributed by atoms with Crippen molar-refractivity contribution in [1.29, 1.82) is 0 Å². The van der Waals surface area contributed by atoms with E-state index in [-0.39, 0.29) is 5.56 Å². The molecule has 13 heavy (non-hydrogen) atoms. The lowest BCUT2D eigenvalue weighted by Crippen LogP contribution is -2.30. The number of aliphatic hydroxyl groups is 1. The SMILES string of the molecule is OC(Cc1cncnc1)C(F)(F)F. The molecule has 0 aliphatic heterocycles. The topological polar surface area (TPSA) is 46.0 Å². The van der Waals surface area contributed by atoms with Gasteiger partial charge in [0.25, 0.3) is 0 Å². The Morgan fingerprint density at radius 1 is 1.31 bits per heavy atom. The van der Waals surface area contributed by atoms with Gasteiger partial charge in [-0.2, -0.15) is 13.2 Å². The Kier molecular flexibility index (Phi) is 2.82. The lowest BCUT2D eigenvalue weighted by Gasteiger charge is -2.13. The summed E-state index contributed by atoms with van der Waals surface area (Å²) in [5.74, 6) is 0. The molecular formula is C7H7F3N2O. The zero-order valence-electron chi connectivity index (χ0n) is 6.49. The van der Waals surface area contributed by atoms with Gasteiger partial charge in [-0.1, -0.05) is 0 Å². The molecule has 0 saturated carbocycles. The highest BCUT2D eigenvalue weighted by Crippen LogP contribution is 2.22. The van der Waals surface area contributed by atoms with Crippen LogP contribution in [0.5, 0.6) is 0 Å². The molecule has 0 aliphatic carbocycles. The van der Waals surface area contributed by atoms with Crippen LogP contribution in [-0.2, 0) is 6.42 Å². The van der Waals surface area contributed by atoms with E-state index in [9.17, 15) is 13.2 Å². The molecule has 1 heterocycles. The van der Waals surface area contributed by atoms with Crippen molar-refractivity contribution in [2.24, 2.45) is 0 Å². The summed E-state index contributed by atoms with van der Waals surface area (Å²) in [5.41, 5.74) is 0.257. The summed E-state index contributed by atoms with van der Waals surface area (Å²) in [6.45, 7) is 0. The van der Waals surface area contributed by atoms with E-state index in [0.29, 0.717) is 0 Å². The van der Waals surface area contributed by atoms with E-state index in [1.807, 2.05) is 0 Å². The van der Waals surface area contributed by atoms with Gasteiger partial charge >= 0.3 is 6.18 Å². The number of hydrogen-bond donors (Lipinski definition) is 1. The Morgan fingerprint density at radius 3 is 2.31 bits per heavy atom. The van der Waals surface area contributed by atoms with E-state index in [4.69, 9.17) is 5.11 Å². The first kappa shape index (κ1) is 9.91. The maximum atomic E-state index is 11.8. The summed E-state index contributed by atoms with van der Waals surface area (Å²) in [5, 5.41) is 8.66.